The largest absolute Gasteiger partial charge is 0.464 e. The van der Waals surface area contributed by atoms with Gasteiger partial charge in [-0.05, 0) is 53.2 Å². The van der Waals surface area contributed by atoms with E-state index in [9.17, 15) is 18.8 Å². The predicted molar refractivity (Wildman–Crippen MR) is 126 cm³/mol. The summed E-state index contributed by atoms with van der Waals surface area (Å²) in [5.41, 5.74) is 1.27. The Bertz CT molecular complexity index is 1180. The van der Waals surface area contributed by atoms with Crippen LogP contribution in [0, 0.1) is 5.82 Å². The van der Waals surface area contributed by atoms with E-state index in [1.165, 1.54) is 41.3 Å². The van der Waals surface area contributed by atoms with Gasteiger partial charge in [-0.25, -0.2) is 9.18 Å². The maximum atomic E-state index is 13.3. The number of hydrogen-bond acceptors (Lipinski definition) is 7. The van der Waals surface area contributed by atoms with Crippen molar-refractivity contribution >= 4 is 46.7 Å². The summed E-state index contributed by atoms with van der Waals surface area (Å²) >= 11 is 11.9. The average molecular weight is 523 g/mol. The number of nitrogens with zero attached hydrogens (tertiary/aromatic N) is 5. The number of ether oxygens (including phenoxy) is 1. The summed E-state index contributed by atoms with van der Waals surface area (Å²) in [6.07, 6.45) is 1.32. The summed E-state index contributed by atoms with van der Waals surface area (Å²) in [6.45, 7) is 1.16. The van der Waals surface area contributed by atoms with Crippen LogP contribution in [0.1, 0.15) is 12.5 Å². The van der Waals surface area contributed by atoms with E-state index in [4.69, 9.17) is 27.9 Å². The van der Waals surface area contributed by atoms with Crippen molar-refractivity contribution in [3.05, 3.63) is 65.2 Å². The molecule has 0 saturated heterocycles. The van der Waals surface area contributed by atoms with Crippen molar-refractivity contribution in [3.63, 3.8) is 0 Å². The highest BCUT2D eigenvalue weighted by atomic mass is 35.5. The fourth-order valence-electron chi connectivity index (χ4n) is 3.28. The molecule has 35 heavy (non-hydrogen) atoms. The minimum atomic E-state index is -1.17. The molecular weight excluding hydrogens is 502 g/mol. The van der Waals surface area contributed by atoms with Crippen molar-refractivity contribution < 1.29 is 23.5 Å². The molecule has 2 amide bonds. The molecule has 0 aliphatic carbocycles. The number of alkyl halides is 1. The number of carbonyl (C=O) groups is 3. The van der Waals surface area contributed by atoms with E-state index < -0.39 is 42.1 Å². The highest BCUT2D eigenvalue weighted by Gasteiger charge is 2.32. The van der Waals surface area contributed by atoms with Gasteiger partial charge in [0.2, 0.25) is 11.8 Å². The molecule has 1 unspecified atom stereocenters. The lowest BCUT2D eigenvalue weighted by molar-refractivity contribution is -0.154. The average Bonchev–Trinajstić information content (AvgIpc) is 3.37. The summed E-state index contributed by atoms with van der Waals surface area (Å²) in [7, 11) is 0. The maximum Gasteiger partial charge on any atom is 0.329 e. The standard InChI is InChI=1S/C22H21Cl2FN6O4/c1-2-35-22(34)19(9-14-3-6-16(25)7-4-14)30(21(33)11-23)12-20(32)27-17-10-15(24)5-8-18(17)31-13-26-28-29-31/h3-8,10,13,19H,2,9,11-12H2,1H3,(H,27,32). The summed E-state index contributed by atoms with van der Waals surface area (Å²) in [5.74, 6) is -2.93. The van der Waals surface area contributed by atoms with Gasteiger partial charge < -0.3 is 15.0 Å². The molecule has 10 nitrogen and oxygen atoms in total. The molecule has 0 aliphatic heterocycles. The molecule has 0 saturated carbocycles. The van der Waals surface area contributed by atoms with Crippen LogP contribution in [0.2, 0.25) is 5.02 Å². The van der Waals surface area contributed by atoms with Crippen LogP contribution < -0.4 is 5.32 Å². The predicted octanol–water partition coefficient (Wildman–Crippen LogP) is 2.64. The number of esters is 1. The lowest BCUT2D eigenvalue weighted by Gasteiger charge is -2.29. The van der Waals surface area contributed by atoms with Crippen LogP contribution in [-0.2, 0) is 25.5 Å². The maximum absolute atomic E-state index is 13.3. The zero-order valence-corrected chi connectivity index (χ0v) is 20.0. The van der Waals surface area contributed by atoms with Crippen molar-refractivity contribution in [1.29, 1.82) is 0 Å². The molecule has 184 valence electrons. The van der Waals surface area contributed by atoms with Crippen molar-refractivity contribution in [2.45, 2.75) is 19.4 Å². The molecule has 1 N–H and O–H groups in total. The van der Waals surface area contributed by atoms with Crippen molar-refractivity contribution in [3.8, 4) is 5.69 Å². The van der Waals surface area contributed by atoms with E-state index in [0.717, 1.165) is 4.90 Å². The Balaban J connectivity index is 1.87. The van der Waals surface area contributed by atoms with Gasteiger partial charge in [-0.2, -0.15) is 4.68 Å². The number of halogens is 3. The number of nitrogens with one attached hydrogen (secondary N) is 1. The van der Waals surface area contributed by atoms with Crippen molar-refractivity contribution in [1.82, 2.24) is 25.1 Å². The summed E-state index contributed by atoms with van der Waals surface area (Å²) in [4.78, 5) is 39.5. The van der Waals surface area contributed by atoms with Crippen LogP contribution in [-0.4, -0.2) is 68.0 Å². The van der Waals surface area contributed by atoms with Crippen molar-refractivity contribution in [2.75, 3.05) is 24.3 Å². The summed E-state index contributed by atoms with van der Waals surface area (Å²) in [6, 6.07) is 8.95. The fraction of sp³-hybridized carbons (Fsp3) is 0.273. The summed E-state index contributed by atoms with van der Waals surface area (Å²) < 4.78 is 19.8. The second kappa shape index (κ2) is 12.2. The number of tetrazole rings is 1. The van der Waals surface area contributed by atoms with E-state index in [0.29, 0.717) is 16.3 Å². The van der Waals surface area contributed by atoms with Gasteiger partial charge in [-0.3, -0.25) is 9.59 Å². The number of hydrogen-bond donors (Lipinski definition) is 1. The van der Waals surface area contributed by atoms with Gasteiger partial charge in [-0.1, -0.05) is 23.7 Å². The zero-order valence-electron chi connectivity index (χ0n) is 18.5. The van der Waals surface area contributed by atoms with E-state index in [1.54, 1.807) is 19.1 Å². The monoisotopic (exact) mass is 522 g/mol. The number of anilines is 1. The second-order valence-electron chi connectivity index (χ2n) is 7.22. The molecule has 1 aromatic heterocycles. The van der Waals surface area contributed by atoms with Crippen LogP contribution in [0.15, 0.2) is 48.8 Å². The molecule has 13 heteroatoms. The Labute approximate surface area is 209 Å². The third-order valence-electron chi connectivity index (χ3n) is 4.85. The van der Waals surface area contributed by atoms with E-state index in [-0.39, 0.29) is 18.7 Å². The Kier molecular flexibility index (Phi) is 9.10. The molecule has 0 bridgehead atoms. The molecule has 0 fully saturated rings. The van der Waals surface area contributed by atoms with Gasteiger partial charge in [-0.15, -0.1) is 16.7 Å². The number of amides is 2. The van der Waals surface area contributed by atoms with Crippen LogP contribution in [0.25, 0.3) is 5.69 Å². The first-order valence-corrected chi connectivity index (χ1v) is 11.3. The number of benzene rings is 2. The first kappa shape index (κ1) is 26.0. The molecule has 3 rings (SSSR count). The Hall–Kier alpha value is -3.57. The number of carbonyl (C=O) groups excluding carboxylic acids is 3. The van der Waals surface area contributed by atoms with Gasteiger partial charge in [0.05, 0.1) is 18.0 Å². The van der Waals surface area contributed by atoms with E-state index >= 15 is 0 Å². The molecule has 0 spiro atoms. The van der Waals surface area contributed by atoms with E-state index in [2.05, 4.69) is 20.8 Å². The van der Waals surface area contributed by atoms with Gasteiger partial charge in [0, 0.05) is 11.4 Å². The normalized spacial score (nSPS) is 11.5. The molecule has 0 radical (unpaired) electrons. The Morgan fingerprint density at radius 3 is 2.57 bits per heavy atom. The lowest BCUT2D eigenvalue weighted by atomic mass is 10.0. The van der Waals surface area contributed by atoms with Gasteiger partial charge >= 0.3 is 5.97 Å². The SMILES string of the molecule is CCOC(=O)C(Cc1ccc(F)cc1)N(CC(=O)Nc1cc(Cl)ccc1-n1cnnn1)C(=O)CCl. The smallest absolute Gasteiger partial charge is 0.329 e. The summed E-state index contributed by atoms with van der Waals surface area (Å²) in [5, 5.41) is 14.0. The molecule has 1 atom stereocenters. The lowest BCUT2D eigenvalue weighted by Crippen LogP contribution is -2.50. The second-order valence-corrected chi connectivity index (χ2v) is 7.92. The quantitative estimate of drug-likeness (QED) is 0.321. The zero-order chi connectivity index (χ0) is 25.4. The first-order valence-electron chi connectivity index (χ1n) is 10.4. The highest BCUT2D eigenvalue weighted by Crippen LogP contribution is 2.24. The van der Waals surface area contributed by atoms with Crippen LogP contribution in [0.4, 0.5) is 10.1 Å². The molecule has 2 aromatic carbocycles. The van der Waals surface area contributed by atoms with Gasteiger partial charge in [0.15, 0.2) is 0 Å². The van der Waals surface area contributed by atoms with Crippen molar-refractivity contribution in [2.24, 2.45) is 0 Å². The molecule has 0 aliphatic rings. The minimum absolute atomic E-state index is 0.0118. The molecular formula is C22H21Cl2FN6O4. The third kappa shape index (κ3) is 6.96. The topological polar surface area (TPSA) is 119 Å². The number of rotatable bonds is 10. The third-order valence-corrected chi connectivity index (χ3v) is 5.32. The number of aromatic nitrogens is 4. The van der Waals surface area contributed by atoms with Gasteiger partial charge in [0.25, 0.3) is 0 Å². The Morgan fingerprint density at radius 2 is 1.94 bits per heavy atom. The fourth-order valence-corrected chi connectivity index (χ4v) is 3.60. The van der Waals surface area contributed by atoms with E-state index in [1.807, 2.05) is 0 Å². The van der Waals surface area contributed by atoms with Crippen LogP contribution in [0.5, 0.6) is 0 Å². The molecule has 1 heterocycles. The minimum Gasteiger partial charge on any atom is -0.464 e. The Morgan fingerprint density at radius 1 is 1.20 bits per heavy atom. The van der Waals surface area contributed by atoms with Crippen LogP contribution >= 0.6 is 23.2 Å². The highest BCUT2D eigenvalue weighted by molar-refractivity contribution is 6.31. The first-order chi connectivity index (χ1) is 16.8. The molecule has 3 aromatic rings. The van der Waals surface area contributed by atoms with Gasteiger partial charge in [0.1, 0.15) is 30.6 Å². The van der Waals surface area contributed by atoms with Crippen LogP contribution in [0.3, 0.4) is 0 Å².